The van der Waals surface area contributed by atoms with Gasteiger partial charge in [0.15, 0.2) is 0 Å². The first-order valence-corrected chi connectivity index (χ1v) is 11.6. The van der Waals surface area contributed by atoms with Crippen molar-refractivity contribution in [3.63, 3.8) is 0 Å². The molecular formula is C25H25ClN4O3. The molecule has 4 amide bonds. The zero-order chi connectivity index (χ0) is 23.0. The van der Waals surface area contributed by atoms with E-state index in [4.69, 9.17) is 11.6 Å². The number of benzene rings is 2. The van der Waals surface area contributed by atoms with Crippen molar-refractivity contribution in [3.8, 4) is 0 Å². The third kappa shape index (κ3) is 3.86. The maximum atomic E-state index is 12.9. The zero-order valence-corrected chi connectivity index (χ0v) is 18.8. The Bertz CT molecular complexity index is 1230. The number of urea groups is 1. The Morgan fingerprint density at radius 3 is 2.58 bits per heavy atom. The van der Waals surface area contributed by atoms with Gasteiger partial charge in [-0.15, -0.1) is 0 Å². The van der Waals surface area contributed by atoms with Crippen LogP contribution in [0.3, 0.4) is 0 Å². The average Bonchev–Trinajstić information content (AvgIpc) is 3.51. The standard InChI is InChI=1S/C25H25ClN4O3/c26-20-9-3-1-7-16(20)18(19-13-27-21-10-4-2-8-17(19)21)14-28-22(31)15-30-23(32)25(29-24(30)33)11-5-6-12-25/h1-4,7-10,13,18,27H,5-6,11-12,14-15H2,(H,28,31)(H,29,33). The molecule has 1 spiro atoms. The number of rotatable bonds is 6. The second kappa shape index (κ2) is 8.56. The number of halogens is 1. The number of nitrogens with one attached hydrogen (secondary N) is 3. The van der Waals surface area contributed by atoms with E-state index in [1.165, 1.54) is 0 Å². The van der Waals surface area contributed by atoms with Gasteiger partial charge in [-0.3, -0.25) is 14.5 Å². The number of hydrogen-bond acceptors (Lipinski definition) is 3. The van der Waals surface area contributed by atoms with Crippen molar-refractivity contribution in [2.45, 2.75) is 37.1 Å². The van der Waals surface area contributed by atoms with Crippen molar-refractivity contribution >= 4 is 40.3 Å². The summed E-state index contributed by atoms with van der Waals surface area (Å²) in [7, 11) is 0. The molecule has 8 heteroatoms. The van der Waals surface area contributed by atoms with Crippen molar-refractivity contribution in [1.82, 2.24) is 20.5 Å². The molecule has 1 atom stereocenters. The molecule has 170 valence electrons. The van der Waals surface area contributed by atoms with Crippen LogP contribution in [-0.2, 0) is 9.59 Å². The Labute approximate surface area is 196 Å². The number of carbonyl (C=O) groups excluding carboxylic acids is 3. The van der Waals surface area contributed by atoms with Gasteiger partial charge in [0.2, 0.25) is 5.91 Å². The smallest absolute Gasteiger partial charge is 0.325 e. The molecule has 0 bridgehead atoms. The minimum atomic E-state index is -0.818. The summed E-state index contributed by atoms with van der Waals surface area (Å²) >= 11 is 6.52. The van der Waals surface area contributed by atoms with E-state index in [2.05, 4.69) is 15.6 Å². The van der Waals surface area contributed by atoms with Gasteiger partial charge in [-0.2, -0.15) is 0 Å². The number of nitrogens with zero attached hydrogens (tertiary/aromatic N) is 1. The van der Waals surface area contributed by atoms with Crippen LogP contribution in [0.4, 0.5) is 4.79 Å². The minimum Gasteiger partial charge on any atom is -0.361 e. The predicted molar refractivity (Wildman–Crippen MR) is 126 cm³/mol. The molecule has 1 unspecified atom stereocenters. The molecule has 1 aromatic heterocycles. The first kappa shape index (κ1) is 21.5. The first-order chi connectivity index (χ1) is 16.0. The molecule has 7 nitrogen and oxygen atoms in total. The fourth-order valence-electron chi connectivity index (χ4n) is 5.08. The molecule has 2 aliphatic rings. The van der Waals surface area contributed by atoms with Crippen LogP contribution in [0.5, 0.6) is 0 Å². The summed E-state index contributed by atoms with van der Waals surface area (Å²) in [4.78, 5) is 42.4. The molecule has 2 heterocycles. The van der Waals surface area contributed by atoms with Crippen molar-refractivity contribution in [1.29, 1.82) is 0 Å². The second-order valence-corrected chi connectivity index (χ2v) is 9.19. The Hall–Kier alpha value is -3.32. The molecule has 1 aliphatic carbocycles. The highest BCUT2D eigenvalue weighted by Crippen LogP contribution is 2.36. The van der Waals surface area contributed by atoms with Crippen molar-refractivity contribution < 1.29 is 14.4 Å². The summed E-state index contributed by atoms with van der Waals surface area (Å²) in [6.45, 7) is -0.0191. The van der Waals surface area contributed by atoms with Gasteiger partial charge in [-0.25, -0.2) is 4.79 Å². The number of fused-ring (bicyclic) bond motifs is 1. The summed E-state index contributed by atoms with van der Waals surface area (Å²) in [6.07, 6.45) is 4.99. The zero-order valence-electron chi connectivity index (χ0n) is 18.1. The van der Waals surface area contributed by atoms with Crippen LogP contribution in [0.2, 0.25) is 5.02 Å². The molecule has 1 saturated heterocycles. The monoisotopic (exact) mass is 464 g/mol. The third-order valence-electron chi connectivity index (χ3n) is 6.79. The number of imide groups is 1. The first-order valence-electron chi connectivity index (χ1n) is 11.2. The summed E-state index contributed by atoms with van der Waals surface area (Å²) in [5.74, 6) is -0.882. The number of hydrogen-bond donors (Lipinski definition) is 3. The maximum Gasteiger partial charge on any atom is 0.325 e. The SMILES string of the molecule is O=C(CN1C(=O)NC2(CCCC2)C1=O)NCC(c1ccccc1Cl)c1c[nH]c2ccccc12. The van der Waals surface area contributed by atoms with Gasteiger partial charge in [-0.1, -0.05) is 60.8 Å². The molecule has 3 N–H and O–H groups in total. The topological polar surface area (TPSA) is 94.3 Å². The number of aromatic amines is 1. The summed E-state index contributed by atoms with van der Waals surface area (Å²) < 4.78 is 0. The lowest BCUT2D eigenvalue weighted by atomic mass is 9.90. The number of carbonyl (C=O) groups is 3. The second-order valence-electron chi connectivity index (χ2n) is 8.78. The number of aromatic nitrogens is 1. The van der Waals surface area contributed by atoms with Crippen molar-refractivity contribution in [3.05, 3.63) is 70.9 Å². The molecule has 2 aromatic carbocycles. The lowest BCUT2D eigenvalue weighted by molar-refractivity contribution is -0.134. The van der Waals surface area contributed by atoms with Crippen LogP contribution in [-0.4, -0.2) is 46.4 Å². The van der Waals surface area contributed by atoms with E-state index in [1.54, 1.807) is 0 Å². The number of para-hydroxylation sites is 1. The van der Waals surface area contributed by atoms with E-state index in [1.807, 2.05) is 54.7 Å². The maximum absolute atomic E-state index is 12.9. The molecule has 1 aliphatic heterocycles. The van der Waals surface area contributed by atoms with Gasteiger partial charge in [0.1, 0.15) is 12.1 Å². The van der Waals surface area contributed by atoms with Gasteiger partial charge in [-0.05, 0) is 36.1 Å². The van der Waals surface area contributed by atoms with Gasteiger partial charge in [0, 0.05) is 34.6 Å². The van der Waals surface area contributed by atoms with E-state index in [0.717, 1.165) is 39.8 Å². The van der Waals surface area contributed by atoms with E-state index in [0.29, 0.717) is 17.9 Å². The molecular weight excluding hydrogens is 440 g/mol. The Balaban J connectivity index is 1.35. The van der Waals surface area contributed by atoms with Crippen LogP contribution in [0.25, 0.3) is 10.9 Å². The average molecular weight is 465 g/mol. The number of H-pyrrole nitrogens is 1. The van der Waals surface area contributed by atoms with Crippen LogP contribution in [0, 0.1) is 0 Å². The molecule has 1 saturated carbocycles. The van der Waals surface area contributed by atoms with E-state index in [-0.39, 0.29) is 30.8 Å². The highest BCUT2D eigenvalue weighted by Gasteiger charge is 2.52. The fraction of sp³-hybridized carbons (Fsp3) is 0.320. The predicted octanol–water partition coefficient (Wildman–Crippen LogP) is 3.93. The lowest BCUT2D eigenvalue weighted by Gasteiger charge is -2.21. The summed E-state index contributed by atoms with van der Waals surface area (Å²) in [6, 6.07) is 15.0. The highest BCUT2D eigenvalue weighted by molar-refractivity contribution is 6.31. The molecule has 2 fully saturated rings. The molecule has 5 rings (SSSR count). The highest BCUT2D eigenvalue weighted by atomic mass is 35.5. The lowest BCUT2D eigenvalue weighted by Crippen LogP contribution is -2.45. The van der Waals surface area contributed by atoms with Crippen LogP contribution in [0.15, 0.2) is 54.7 Å². The van der Waals surface area contributed by atoms with Crippen LogP contribution < -0.4 is 10.6 Å². The van der Waals surface area contributed by atoms with E-state index < -0.39 is 11.6 Å². The fourth-order valence-corrected chi connectivity index (χ4v) is 5.35. The summed E-state index contributed by atoms with van der Waals surface area (Å²) in [5.41, 5.74) is 2.08. The molecule has 0 radical (unpaired) electrons. The molecule has 3 aromatic rings. The third-order valence-corrected chi connectivity index (χ3v) is 7.13. The van der Waals surface area contributed by atoms with Gasteiger partial charge in [0.25, 0.3) is 5.91 Å². The molecule has 33 heavy (non-hydrogen) atoms. The van der Waals surface area contributed by atoms with Gasteiger partial charge < -0.3 is 15.6 Å². The van der Waals surface area contributed by atoms with Crippen LogP contribution in [0.1, 0.15) is 42.7 Å². The van der Waals surface area contributed by atoms with Crippen molar-refractivity contribution in [2.75, 3.05) is 13.1 Å². The van der Waals surface area contributed by atoms with E-state index in [9.17, 15) is 14.4 Å². The quantitative estimate of drug-likeness (QED) is 0.482. The van der Waals surface area contributed by atoms with Crippen molar-refractivity contribution in [2.24, 2.45) is 0 Å². The Morgan fingerprint density at radius 1 is 1.06 bits per heavy atom. The normalized spacial score (nSPS) is 18.2. The number of amides is 4. The Kier molecular flexibility index (Phi) is 5.58. The minimum absolute atomic E-state index is 0.205. The largest absolute Gasteiger partial charge is 0.361 e. The van der Waals surface area contributed by atoms with Gasteiger partial charge in [0.05, 0.1) is 0 Å². The van der Waals surface area contributed by atoms with E-state index >= 15 is 0 Å². The summed E-state index contributed by atoms with van der Waals surface area (Å²) in [5, 5.41) is 7.39. The van der Waals surface area contributed by atoms with Gasteiger partial charge >= 0.3 is 6.03 Å². The van der Waals surface area contributed by atoms with Crippen LogP contribution >= 0.6 is 11.6 Å². The Morgan fingerprint density at radius 2 is 1.79 bits per heavy atom.